The summed E-state index contributed by atoms with van der Waals surface area (Å²) in [5, 5.41) is 3.17. The molecule has 2 aromatic rings. The van der Waals surface area contributed by atoms with Gasteiger partial charge in [0, 0.05) is 22.8 Å². The van der Waals surface area contributed by atoms with E-state index in [9.17, 15) is 4.79 Å². The zero-order chi connectivity index (χ0) is 13.2. The molecule has 0 radical (unpaired) electrons. The Morgan fingerprint density at radius 1 is 1.58 bits per heavy atom. The minimum atomic E-state index is -0.533. The number of ether oxygens (including phenoxy) is 2. The lowest BCUT2D eigenvalue weighted by atomic mass is 10.2. The molecule has 3 rings (SSSR count). The van der Waals surface area contributed by atoms with Crippen LogP contribution in [-0.4, -0.2) is 43.9 Å². The molecule has 3 heterocycles. The molecule has 1 unspecified atom stereocenters. The monoisotopic (exact) mass is 278 g/mol. The van der Waals surface area contributed by atoms with Crippen molar-refractivity contribution in [3.8, 4) is 0 Å². The van der Waals surface area contributed by atoms with Gasteiger partial charge >= 0.3 is 5.97 Å². The predicted molar refractivity (Wildman–Crippen MR) is 73.6 cm³/mol. The van der Waals surface area contributed by atoms with Gasteiger partial charge in [-0.15, -0.1) is 11.3 Å². The summed E-state index contributed by atoms with van der Waals surface area (Å²) in [6.45, 7) is 1.71. The summed E-state index contributed by atoms with van der Waals surface area (Å²) in [5.74, 6) is 0.582. The number of pyridine rings is 1. The van der Waals surface area contributed by atoms with Crippen LogP contribution in [0, 0.1) is 0 Å². The quantitative estimate of drug-likeness (QED) is 0.782. The molecule has 0 spiro atoms. The van der Waals surface area contributed by atoms with E-state index in [4.69, 9.17) is 9.47 Å². The van der Waals surface area contributed by atoms with Crippen LogP contribution in [0.4, 0.5) is 5.82 Å². The van der Waals surface area contributed by atoms with E-state index < -0.39 is 6.10 Å². The van der Waals surface area contributed by atoms with Gasteiger partial charge in [-0.3, -0.25) is 0 Å². The Morgan fingerprint density at radius 3 is 3.32 bits per heavy atom. The second-order valence-corrected chi connectivity index (χ2v) is 5.24. The molecule has 1 aliphatic heterocycles. The van der Waals surface area contributed by atoms with Crippen LogP contribution in [0.25, 0.3) is 10.1 Å². The van der Waals surface area contributed by atoms with E-state index in [2.05, 4.69) is 16.0 Å². The highest BCUT2D eigenvalue weighted by Crippen LogP contribution is 2.29. The molecule has 1 fully saturated rings. The second kappa shape index (κ2) is 5.14. The van der Waals surface area contributed by atoms with Crippen molar-refractivity contribution in [2.45, 2.75) is 6.10 Å². The highest BCUT2D eigenvalue weighted by Gasteiger charge is 2.28. The predicted octanol–water partition coefficient (Wildman–Crippen LogP) is 1.67. The number of fused-ring (bicyclic) bond motifs is 1. The highest BCUT2D eigenvalue weighted by atomic mass is 32.1. The molecule has 1 aliphatic rings. The van der Waals surface area contributed by atoms with Crippen LogP contribution in [0.3, 0.4) is 0 Å². The number of carbonyl (C=O) groups is 1. The van der Waals surface area contributed by atoms with E-state index in [0.29, 0.717) is 13.2 Å². The minimum Gasteiger partial charge on any atom is -0.467 e. The lowest BCUT2D eigenvalue weighted by molar-refractivity contribution is -0.154. The van der Waals surface area contributed by atoms with E-state index in [-0.39, 0.29) is 5.97 Å². The first-order valence-corrected chi connectivity index (χ1v) is 6.94. The Kier molecular flexibility index (Phi) is 3.35. The highest BCUT2D eigenvalue weighted by molar-refractivity contribution is 7.17. The normalized spacial score (nSPS) is 19.6. The minimum absolute atomic E-state index is 0.331. The van der Waals surface area contributed by atoms with E-state index in [0.717, 1.165) is 17.7 Å². The molecular weight excluding hydrogens is 264 g/mol. The van der Waals surface area contributed by atoms with Crippen molar-refractivity contribution in [1.82, 2.24) is 4.98 Å². The molecule has 6 heteroatoms. The van der Waals surface area contributed by atoms with Crippen LogP contribution in [0.2, 0.25) is 0 Å². The van der Waals surface area contributed by atoms with Gasteiger partial charge in [-0.2, -0.15) is 0 Å². The van der Waals surface area contributed by atoms with Crippen LogP contribution in [-0.2, 0) is 14.3 Å². The molecule has 0 saturated carbocycles. The first kappa shape index (κ1) is 12.4. The third-order valence-electron chi connectivity index (χ3n) is 3.19. The Bertz CT molecular complexity index is 598. The molecule has 0 bridgehead atoms. The second-order valence-electron chi connectivity index (χ2n) is 4.30. The van der Waals surface area contributed by atoms with Crippen molar-refractivity contribution >= 4 is 33.2 Å². The fourth-order valence-electron chi connectivity index (χ4n) is 2.25. The van der Waals surface area contributed by atoms with Crippen LogP contribution in [0.1, 0.15) is 0 Å². The lowest BCUT2D eigenvalue weighted by Gasteiger charge is -2.32. The van der Waals surface area contributed by atoms with Crippen LogP contribution >= 0.6 is 11.3 Å². The van der Waals surface area contributed by atoms with Crippen molar-refractivity contribution in [1.29, 1.82) is 0 Å². The molecule has 0 N–H and O–H groups in total. The molecule has 5 nitrogen and oxygen atoms in total. The van der Waals surface area contributed by atoms with Crippen molar-refractivity contribution in [2.75, 3.05) is 31.7 Å². The fourth-order valence-corrected chi connectivity index (χ4v) is 3.02. The number of carbonyl (C=O) groups excluding carboxylic acids is 1. The van der Waals surface area contributed by atoms with E-state index in [1.165, 1.54) is 11.8 Å². The number of esters is 1. The van der Waals surface area contributed by atoms with Crippen LogP contribution in [0.15, 0.2) is 23.7 Å². The van der Waals surface area contributed by atoms with E-state index >= 15 is 0 Å². The third kappa shape index (κ3) is 2.29. The summed E-state index contributed by atoms with van der Waals surface area (Å²) in [6.07, 6.45) is 1.27. The summed E-state index contributed by atoms with van der Waals surface area (Å²) in [6, 6.07) is 4.06. The van der Waals surface area contributed by atoms with E-state index in [1.54, 1.807) is 17.5 Å². The van der Waals surface area contributed by atoms with Gasteiger partial charge in [0.2, 0.25) is 0 Å². The molecule has 19 heavy (non-hydrogen) atoms. The van der Waals surface area contributed by atoms with E-state index in [1.807, 2.05) is 11.4 Å². The zero-order valence-electron chi connectivity index (χ0n) is 10.5. The number of aromatic nitrogens is 1. The molecule has 1 atom stereocenters. The molecule has 2 aromatic heterocycles. The fraction of sp³-hybridized carbons (Fsp3) is 0.385. The van der Waals surface area contributed by atoms with Gasteiger partial charge in [-0.1, -0.05) is 0 Å². The number of thiophene rings is 1. The van der Waals surface area contributed by atoms with Gasteiger partial charge in [0.1, 0.15) is 5.82 Å². The summed E-state index contributed by atoms with van der Waals surface area (Å²) in [5.41, 5.74) is 0. The first-order valence-electron chi connectivity index (χ1n) is 6.06. The number of methoxy groups -OCH3 is 1. The summed E-state index contributed by atoms with van der Waals surface area (Å²) >= 11 is 1.69. The molecule has 0 amide bonds. The molecule has 100 valence electrons. The maximum Gasteiger partial charge on any atom is 0.336 e. The average molecular weight is 278 g/mol. The topological polar surface area (TPSA) is 51.7 Å². The number of rotatable bonds is 2. The smallest absolute Gasteiger partial charge is 0.336 e. The van der Waals surface area contributed by atoms with Crippen LogP contribution in [0.5, 0.6) is 0 Å². The lowest BCUT2D eigenvalue weighted by Crippen LogP contribution is -2.46. The van der Waals surface area contributed by atoms with Gasteiger partial charge in [0.25, 0.3) is 0 Å². The van der Waals surface area contributed by atoms with Crippen molar-refractivity contribution < 1.29 is 14.3 Å². The maximum absolute atomic E-state index is 11.6. The van der Waals surface area contributed by atoms with Gasteiger partial charge in [0.15, 0.2) is 6.10 Å². The zero-order valence-corrected chi connectivity index (χ0v) is 11.4. The first-order chi connectivity index (χ1) is 9.29. The SMILES string of the molecule is COC(=O)C1CN(c2nccc3sccc23)CCO1. The summed E-state index contributed by atoms with van der Waals surface area (Å²) in [7, 11) is 1.38. The van der Waals surface area contributed by atoms with Gasteiger partial charge < -0.3 is 14.4 Å². The molecule has 0 aromatic carbocycles. The number of anilines is 1. The van der Waals surface area contributed by atoms with Gasteiger partial charge in [-0.05, 0) is 17.5 Å². The summed E-state index contributed by atoms with van der Waals surface area (Å²) < 4.78 is 11.4. The largest absolute Gasteiger partial charge is 0.467 e. The Labute approximate surface area is 114 Å². The molecule has 0 aliphatic carbocycles. The number of nitrogens with zero attached hydrogens (tertiary/aromatic N) is 2. The Balaban J connectivity index is 1.89. The number of hydrogen-bond donors (Lipinski definition) is 0. The maximum atomic E-state index is 11.6. The Hall–Kier alpha value is -1.66. The van der Waals surface area contributed by atoms with Gasteiger partial charge in [0.05, 0.1) is 20.3 Å². The Morgan fingerprint density at radius 2 is 2.47 bits per heavy atom. The molecule has 1 saturated heterocycles. The van der Waals surface area contributed by atoms with Crippen molar-refractivity contribution in [2.24, 2.45) is 0 Å². The van der Waals surface area contributed by atoms with Crippen LogP contribution < -0.4 is 4.90 Å². The van der Waals surface area contributed by atoms with Crippen molar-refractivity contribution in [3.63, 3.8) is 0 Å². The molecular formula is C13H14N2O3S. The van der Waals surface area contributed by atoms with Gasteiger partial charge in [-0.25, -0.2) is 9.78 Å². The van der Waals surface area contributed by atoms with Crippen molar-refractivity contribution in [3.05, 3.63) is 23.7 Å². The number of hydrogen-bond acceptors (Lipinski definition) is 6. The average Bonchev–Trinajstić information content (AvgIpc) is 2.94. The standard InChI is InChI=1S/C13H14N2O3S/c1-17-13(16)10-8-15(5-6-18-10)12-9-3-7-19-11(9)2-4-14-12/h2-4,7,10H,5-6,8H2,1H3. The third-order valence-corrected chi connectivity index (χ3v) is 4.07. The number of morpholine rings is 1. The summed E-state index contributed by atoms with van der Waals surface area (Å²) in [4.78, 5) is 18.1.